The second-order valence-corrected chi connectivity index (χ2v) is 8.69. The normalized spacial score (nSPS) is 16.1. The largest absolute Gasteiger partial charge is 0.457 e. The number of thiazole rings is 1. The van der Waals surface area contributed by atoms with Crippen molar-refractivity contribution < 1.29 is 14.1 Å². The topological polar surface area (TPSA) is 102 Å². The summed E-state index contributed by atoms with van der Waals surface area (Å²) >= 11 is 2.61. The number of anilines is 1. The summed E-state index contributed by atoms with van der Waals surface area (Å²) in [4.78, 5) is 34.6. The molecule has 33 heavy (non-hydrogen) atoms. The van der Waals surface area contributed by atoms with Crippen LogP contribution in [-0.4, -0.2) is 21.0 Å². The molecule has 1 saturated heterocycles. The maximum absolute atomic E-state index is 13.3. The number of thioether (sulfide) groups is 1. The van der Waals surface area contributed by atoms with Crippen molar-refractivity contribution in [2.24, 2.45) is 4.99 Å². The van der Waals surface area contributed by atoms with Crippen LogP contribution in [0.15, 0.2) is 92.6 Å². The number of hydrogen-bond donors (Lipinski definition) is 0. The molecule has 0 N–H and O–H groups in total. The molecule has 8 nitrogen and oxygen atoms in total. The third-order valence-corrected chi connectivity index (χ3v) is 6.31. The van der Waals surface area contributed by atoms with E-state index in [1.165, 1.54) is 35.2 Å². The van der Waals surface area contributed by atoms with Gasteiger partial charge in [0.15, 0.2) is 5.17 Å². The van der Waals surface area contributed by atoms with Crippen LogP contribution in [0, 0.1) is 10.1 Å². The molecule has 1 aliphatic rings. The standard InChI is InChI=1S/C23H14N4O4S2/c28-21-20(14-18-9-10-19(31-18)15-5-4-8-17(13-15)27(29)30)33-23(25-22-24-11-12-32-22)26(21)16-6-2-1-3-7-16/h1-14H/b20-14+,25-23+. The first-order chi connectivity index (χ1) is 16.1. The third kappa shape index (κ3) is 4.34. The molecule has 0 aliphatic carbocycles. The van der Waals surface area contributed by atoms with Crippen molar-refractivity contribution in [3.05, 3.63) is 99.1 Å². The van der Waals surface area contributed by atoms with Crippen molar-refractivity contribution in [1.29, 1.82) is 0 Å². The van der Waals surface area contributed by atoms with Crippen molar-refractivity contribution in [2.45, 2.75) is 0 Å². The van der Waals surface area contributed by atoms with E-state index in [1.807, 2.05) is 35.7 Å². The molecule has 0 unspecified atom stereocenters. The predicted molar refractivity (Wildman–Crippen MR) is 130 cm³/mol. The van der Waals surface area contributed by atoms with E-state index in [-0.39, 0.29) is 11.6 Å². The number of amidine groups is 1. The molecule has 5 rings (SSSR count). The van der Waals surface area contributed by atoms with E-state index in [4.69, 9.17) is 4.42 Å². The van der Waals surface area contributed by atoms with E-state index in [0.29, 0.717) is 38.0 Å². The fraction of sp³-hybridized carbons (Fsp3) is 0. The fourth-order valence-corrected chi connectivity index (χ4v) is 4.72. The minimum Gasteiger partial charge on any atom is -0.457 e. The number of nitrogens with zero attached hydrogens (tertiary/aromatic N) is 4. The number of nitro groups is 1. The summed E-state index contributed by atoms with van der Waals surface area (Å²) in [6.07, 6.45) is 3.31. The summed E-state index contributed by atoms with van der Waals surface area (Å²) in [7, 11) is 0. The molecule has 4 aromatic rings. The number of furan rings is 1. The first-order valence-electron chi connectivity index (χ1n) is 9.70. The molecule has 1 amide bonds. The fourth-order valence-electron chi connectivity index (χ4n) is 3.19. The molecule has 2 aromatic carbocycles. The number of carbonyl (C=O) groups is 1. The lowest BCUT2D eigenvalue weighted by Crippen LogP contribution is -2.28. The van der Waals surface area contributed by atoms with Crippen molar-refractivity contribution >= 4 is 56.8 Å². The maximum Gasteiger partial charge on any atom is 0.271 e. The van der Waals surface area contributed by atoms with Gasteiger partial charge in [-0.15, -0.1) is 11.3 Å². The van der Waals surface area contributed by atoms with Crippen LogP contribution in [-0.2, 0) is 4.79 Å². The van der Waals surface area contributed by atoms with Crippen LogP contribution >= 0.6 is 23.1 Å². The zero-order valence-corrected chi connectivity index (χ0v) is 18.5. The summed E-state index contributed by atoms with van der Waals surface area (Å²) < 4.78 is 5.86. The summed E-state index contributed by atoms with van der Waals surface area (Å²) in [5.41, 5.74) is 1.26. The Kier molecular flexibility index (Phi) is 5.59. The minimum atomic E-state index is -0.454. The second-order valence-electron chi connectivity index (χ2n) is 6.81. The molecule has 0 saturated carbocycles. The highest BCUT2D eigenvalue weighted by Gasteiger charge is 2.35. The number of amides is 1. The first kappa shape index (κ1) is 20.9. The van der Waals surface area contributed by atoms with Crippen LogP contribution < -0.4 is 4.90 Å². The quantitative estimate of drug-likeness (QED) is 0.196. The van der Waals surface area contributed by atoms with Crippen LogP contribution in [0.2, 0.25) is 0 Å². The Hall–Kier alpha value is -4.02. The number of carbonyl (C=O) groups excluding carboxylic acids is 1. The highest BCUT2D eigenvalue weighted by atomic mass is 32.2. The minimum absolute atomic E-state index is 0.0214. The lowest BCUT2D eigenvalue weighted by molar-refractivity contribution is -0.384. The van der Waals surface area contributed by atoms with Crippen LogP contribution in [0.25, 0.3) is 17.4 Å². The van der Waals surface area contributed by atoms with Crippen molar-refractivity contribution in [1.82, 2.24) is 4.98 Å². The van der Waals surface area contributed by atoms with Gasteiger partial charge >= 0.3 is 0 Å². The number of aromatic nitrogens is 1. The van der Waals surface area contributed by atoms with Crippen LogP contribution in [0.3, 0.4) is 0 Å². The number of aliphatic imine (C=N–C) groups is 1. The summed E-state index contributed by atoms with van der Waals surface area (Å²) in [5, 5.41) is 13.9. The van der Waals surface area contributed by atoms with Crippen LogP contribution in [0.4, 0.5) is 16.5 Å². The van der Waals surface area contributed by atoms with Crippen molar-refractivity contribution in [3.63, 3.8) is 0 Å². The van der Waals surface area contributed by atoms with Gasteiger partial charge in [-0.2, -0.15) is 4.99 Å². The second kappa shape index (κ2) is 8.85. The zero-order chi connectivity index (χ0) is 22.8. The van der Waals surface area contributed by atoms with E-state index in [2.05, 4.69) is 9.98 Å². The molecule has 0 radical (unpaired) electrons. The van der Waals surface area contributed by atoms with Crippen molar-refractivity contribution in [2.75, 3.05) is 4.90 Å². The van der Waals surface area contributed by atoms with E-state index >= 15 is 0 Å². The lowest BCUT2D eigenvalue weighted by atomic mass is 10.1. The van der Waals surface area contributed by atoms with Gasteiger partial charge in [0.1, 0.15) is 11.5 Å². The highest BCUT2D eigenvalue weighted by Crippen LogP contribution is 2.38. The molecule has 0 bridgehead atoms. The summed E-state index contributed by atoms with van der Waals surface area (Å²) in [6.45, 7) is 0. The number of non-ortho nitro benzene ring substituents is 1. The molecule has 10 heteroatoms. The van der Waals surface area contributed by atoms with Gasteiger partial charge < -0.3 is 4.42 Å². The average Bonchev–Trinajstić information content (AvgIpc) is 3.57. The smallest absolute Gasteiger partial charge is 0.271 e. The molecular formula is C23H14N4O4S2. The van der Waals surface area contributed by atoms with E-state index in [9.17, 15) is 14.9 Å². The summed E-state index contributed by atoms with van der Waals surface area (Å²) in [6, 6.07) is 18.9. The predicted octanol–water partition coefficient (Wildman–Crippen LogP) is 6.12. The maximum atomic E-state index is 13.3. The number of nitro benzene ring substituents is 1. The SMILES string of the molecule is O=C1/C(=C\c2ccc(-c3cccc([N+](=O)[O-])c3)o2)S/C(=N/c2nccs2)N1c1ccccc1. The van der Waals surface area contributed by atoms with Gasteiger partial charge in [0, 0.05) is 35.3 Å². The van der Waals surface area contributed by atoms with Gasteiger partial charge in [-0.3, -0.25) is 19.8 Å². The number of hydrogen-bond acceptors (Lipinski definition) is 8. The van der Waals surface area contributed by atoms with Gasteiger partial charge in [-0.1, -0.05) is 30.3 Å². The van der Waals surface area contributed by atoms with Gasteiger partial charge in [-0.25, -0.2) is 4.98 Å². The Morgan fingerprint density at radius 3 is 2.70 bits per heavy atom. The Balaban J connectivity index is 1.48. The van der Waals surface area contributed by atoms with E-state index in [1.54, 1.807) is 41.4 Å². The summed E-state index contributed by atoms with van der Waals surface area (Å²) in [5.74, 6) is 0.697. The molecule has 1 aliphatic heterocycles. The molecule has 1 fully saturated rings. The Morgan fingerprint density at radius 2 is 1.94 bits per heavy atom. The molecular weight excluding hydrogens is 460 g/mol. The Bertz CT molecular complexity index is 1390. The van der Waals surface area contributed by atoms with Gasteiger partial charge in [0.05, 0.1) is 15.5 Å². The lowest BCUT2D eigenvalue weighted by Gasteiger charge is -2.14. The van der Waals surface area contributed by atoms with E-state index in [0.717, 1.165) is 0 Å². The number of benzene rings is 2. The third-order valence-electron chi connectivity index (χ3n) is 4.67. The first-order valence-corrected chi connectivity index (χ1v) is 11.4. The van der Waals surface area contributed by atoms with Crippen LogP contribution in [0.5, 0.6) is 0 Å². The molecule has 0 atom stereocenters. The Morgan fingerprint density at radius 1 is 1.09 bits per heavy atom. The molecule has 0 spiro atoms. The van der Waals surface area contributed by atoms with Crippen molar-refractivity contribution in [3.8, 4) is 11.3 Å². The zero-order valence-electron chi connectivity index (χ0n) is 16.8. The number of rotatable bonds is 5. The molecule has 3 heterocycles. The molecule has 162 valence electrons. The monoisotopic (exact) mass is 474 g/mol. The van der Waals surface area contributed by atoms with Crippen LogP contribution in [0.1, 0.15) is 5.76 Å². The van der Waals surface area contributed by atoms with Gasteiger partial charge in [-0.05, 0) is 36.0 Å². The highest BCUT2D eigenvalue weighted by molar-refractivity contribution is 8.19. The van der Waals surface area contributed by atoms with Gasteiger partial charge in [0.25, 0.3) is 11.6 Å². The van der Waals surface area contributed by atoms with E-state index < -0.39 is 4.92 Å². The number of para-hydroxylation sites is 1. The van der Waals surface area contributed by atoms with Gasteiger partial charge in [0.2, 0.25) is 5.13 Å². The Labute approximate surface area is 196 Å². The molecule has 2 aromatic heterocycles. The average molecular weight is 475 g/mol.